The van der Waals surface area contributed by atoms with E-state index < -0.39 is 17.5 Å². The number of pyridine rings is 1. The first-order valence-electron chi connectivity index (χ1n) is 16.8. The van der Waals surface area contributed by atoms with Gasteiger partial charge in [-0.2, -0.15) is 0 Å². The lowest BCUT2D eigenvalue weighted by Crippen LogP contribution is -2.34. The Balaban J connectivity index is 1.25. The molecule has 5 aromatic rings. The first-order chi connectivity index (χ1) is 25.3. The molecule has 10 nitrogen and oxygen atoms in total. The molecule has 0 saturated heterocycles. The van der Waals surface area contributed by atoms with Gasteiger partial charge in [-0.15, -0.1) is 0 Å². The number of benzene rings is 4. The zero-order valence-corrected chi connectivity index (χ0v) is 30.0. The van der Waals surface area contributed by atoms with Crippen LogP contribution in [0.5, 0.6) is 11.5 Å². The number of carbonyl (C=O) groups excluding carboxylic acids is 2. The lowest BCUT2D eigenvalue weighted by Gasteiger charge is -2.36. The molecule has 4 N–H and O–H groups in total. The smallest absolute Gasteiger partial charge is 0.306 e. The topological polar surface area (TPSA) is 134 Å². The van der Waals surface area contributed by atoms with Gasteiger partial charge in [-0.3, -0.25) is 14.6 Å². The van der Waals surface area contributed by atoms with Gasteiger partial charge in [0.2, 0.25) is 5.91 Å². The van der Waals surface area contributed by atoms with Crippen LogP contribution in [0.3, 0.4) is 0 Å². The van der Waals surface area contributed by atoms with Gasteiger partial charge in [0.1, 0.15) is 23.7 Å². The predicted molar refractivity (Wildman–Crippen MR) is 202 cm³/mol. The summed E-state index contributed by atoms with van der Waals surface area (Å²) in [5, 5.41) is 6.91. The van der Waals surface area contributed by atoms with Crippen LogP contribution < -0.4 is 25.8 Å². The first-order valence-corrected chi connectivity index (χ1v) is 17.2. The molecule has 0 atom stereocenters. The maximum Gasteiger partial charge on any atom is 0.306 e. The molecule has 52 heavy (non-hydrogen) atoms. The van der Waals surface area contributed by atoms with Crippen LogP contribution in [-0.4, -0.2) is 36.2 Å². The van der Waals surface area contributed by atoms with Gasteiger partial charge < -0.3 is 35.3 Å². The van der Waals surface area contributed by atoms with Gasteiger partial charge in [0.05, 0.1) is 45.2 Å². The molecule has 0 saturated carbocycles. The van der Waals surface area contributed by atoms with E-state index in [1.165, 1.54) is 0 Å². The van der Waals surface area contributed by atoms with Gasteiger partial charge in [0.15, 0.2) is 5.11 Å². The molecule has 0 aliphatic carbocycles. The maximum atomic E-state index is 11.8. The van der Waals surface area contributed by atoms with E-state index in [2.05, 4.69) is 33.8 Å². The third-order valence-electron chi connectivity index (χ3n) is 8.32. The van der Waals surface area contributed by atoms with Crippen molar-refractivity contribution in [2.45, 2.75) is 44.7 Å². The number of methoxy groups -OCH3 is 2. The molecule has 1 amide bonds. The van der Waals surface area contributed by atoms with E-state index in [1.807, 2.05) is 97.1 Å². The van der Waals surface area contributed by atoms with Crippen LogP contribution in [-0.2, 0) is 51.0 Å². The minimum Gasteiger partial charge on any atom is -0.497 e. The van der Waals surface area contributed by atoms with Gasteiger partial charge in [-0.05, 0) is 76.4 Å². The van der Waals surface area contributed by atoms with Crippen molar-refractivity contribution < 1.29 is 28.5 Å². The molecular formula is C41H42N4O6S. The fraction of sp³-hybridized carbons (Fsp3) is 0.220. The number of hydrogen-bond donors (Lipinski definition) is 3. The third-order valence-corrected chi connectivity index (χ3v) is 8.61. The molecule has 0 radical (unpaired) electrons. The summed E-state index contributed by atoms with van der Waals surface area (Å²) in [6.45, 7) is 1.20. The number of nitrogens with one attached hydrogen (secondary N) is 2. The SMILES string of the molecule is COc1ccc(C(OCc2cccc(CNC(=S)NCc3cccc(COC(=O)CCC(N)=O)n3)c2)(c2ccccc2)c2ccc(OC)cc2)cc1. The Hall–Kier alpha value is -5.78. The number of rotatable bonds is 17. The van der Waals surface area contributed by atoms with Gasteiger partial charge in [-0.1, -0.05) is 84.9 Å². The van der Waals surface area contributed by atoms with Gasteiger partial charge >= 0.3 is 5.97 Å². The molecule has 1 heterocycles. The van der Waals surface area contributed by atoms with Crippen LogP contribution in [0.15, 0.2) is 121 Å². The fourth-order valence-electron chi connectivity index (χ4n) is 5.67. The van der Waals surface area contributed by atoms with E-state index in [-0.39, 0.29) is 19.4 Å². The van der Waals surface area contributed by atoms with E-state index in [4.69, 9.17) is 36.9 Å². The van der Waals surface area contributed by atoms with Crippen molar-refractivity contribution in [3.63, 3.8) is 0 Å². The summed E-state index contributed by atoms with van der Waals surface area (Å²) in [6.07, 6.45) is -0.114. The summed E-state index contributed by atoms with van der Waals surface area (Å²) in [4.78, 5) is 27.2. The van der Waals surface area contributed by atoms with Crippen LogP contribution >= 0.6 is 12.2 Å². The van der Waals surface area contributed by atoms with Gasteiger partial charge in [-0.25, -0.2) is 0 Å². The van der Waals surface area contributed by atoms with Gasteiger partial charge in [0, 0.05) is 13.0 Å². The molecule has 4 aromatic carbocycles. The molecule has 5 rings (SSSR count). The Kier molecular flexibility index (Phi) is 13.3. The summed E-state index contributed by atoms with van der Waals surface area (Å²) < 4.78 is 23.2. The summed E-state index contributed by atoms with van der Waals surface area (Å²) in [5.74, 6) is 0.464. The molecule has 268 valence electrons. The van der Waals surface area contributed by atoms with Crippen molar-refractivity contribution in [3.8, 4) is 11.5 Å². The molecule has 0 unspecified atom stereocenters. The van der Waals surface area contributed by atoms with Crippen molar-refractivity contribution in [2.75, 3.05) is 14.2 Å². The summed E-state index contributed by atoms with van der Waals surface area (Å²) in [6, 6.07) is 39.8. The number of carbonyl (C=O) groups is 2. The number of amides is 1. The minimum absolute atomic E-state index is 0.000841. The highest BCUT2D eigenvalue weighted by atomic mass is 32.1. The zero-order valence-electron chi connectivity index (χ0n) is 29.2. The molecule has 0 bridgehead atoms. The second-order valence-corrected chi connectivity index (χ2v) is 12.3. The second-order valence-electron chi connectivity index (χ2n) is 11.9. The lowest BCUT2D eigenvalue weighted by molar-refractivity contribution is -0.146. The summed E-state index contributed by atoms with van der Waals surface area (Å²) in [5.41, 5.74) is 10.4. The number of primary amides is 1. The molecule has 0 aliphatic rings. The van der Waals surface area contributed by atoms with Gasteiger partial charge in [0.25, 0.3) is 0 Å². The minimum atomic E-state index is -0.933. The number of esters is 1. The van der Waals surface area contributed by atoms with Crippen LogP contribution in [0.2, 0.25) is 0 Å². The Bertz CT molecular complexity index is 1890. The summed E-state index contributed by atoms with van der Waals surface area (Å²) >= 11 is 5.55. The number of nitrogens with two attached hydrogens (primary N) is 1. The van der Waals surface area contributed by atoms with E-state index in [0.29, 0.717) is 30.5 Å². The largest absolute Gasteiger partial charge is 0.497 e. The van der Waals surface area contributed by atoms with Crippen molar-refractivity contribution in [1.82, 2.24) is 15.6 Å². The maximum absolute atomic E-state index is 11.8. The lowest BCUT2D eigenvalue weighted by atomic mass is 9.80. The number of hydrogen-bond acceptors (Lipinski definition) is 8. The summed E-state index contributed by atoms with van der Waals surface area (Å²) in [7, 11) is 3.31. The number of ether oxygens (including phenoxy) is 4. The molecular weight excluding hydrogens is 677 g/mol. The van der Waals surface area contributed by atoms with Crippen molar-refractivity contribution in [1.29, 1.82) is 0 Å². The van der Waals surface area contributed by atoms with Crippen molar-refractivity contribution in [3.05, 3.63) is 161 Å². The Morgan fingerprint density at radius 1 is 0.673 bits per heavy atom. The molecule has 0 aliphatic heterocycles. The number of nitrogens with zero attached hydrogens (tertiary/aromatic N) is 1. The van der Waals surface area contributed by atoms with Crippen LogP contribution in [0, 0.1) is 0 Å². The highest BCUT2D eigenvalue weighted by Crippen LogP contribution is 2.42. The second kappa shape index (κ2) is 18.5. The number of aromatic nitrogens is 1. The normalized spacial score (nSPS) is 11.0. The first kappa shape index (κ1) is 37.5. The van der Waals surface area contributed by atoms with Crippen LogP contribution in [0.25, 0.3) is 0 Å². The van der Waals surface area contributed by atoms with Crippen molar-refractivity contribution >= 4 is 29.2 Å². The molecule has 0 fully saturated rings. The molecule has 1 aromatic heterocycles. The quantitative estimate of drug-likeness (QED) is 0.0590. The average Bonchev–Trinajstić information content (AvgIpc) is 3.19. The molecule has 0 spiro atoms. The van der Waals surface area contributed by atoms with Crippen LogP contribution in [0.4, 0.5) is 0 Å². The van der Waals surface area contributed by atoms with E-state index in [9.17, 15) is 9.59 Å². The third kappa shape index (κ3) is 10.1. The Labute approximate surface area is 309 Å². The monoisotopic (exact) mass is 718 g/mol. The fourth-order valence-corrected chi connectivity index (χ4v) is 5.82. The average molecular weight is 719 g/mol. The van der Waals surface area contributed by atoms with Crippen molar-refractivity contribution in [2.24, 2.45) is 5.73 Å². The predicted octanol–water partition coefficient (Wildman–Crippen LogP) is 6.08. The van der Waals surface area contributed by atoms with Crippen LogP contribution in [0.1, 0.15) is 52.0 Å². The van der Waals surface area contributed by atoms with E-state index >= 15 is 0 Å². The Morgan fingerprint density at radius 2 is 1.25 bits per heavy atom. The van der Waals surface area contributed by atoms with E-state index in [1.54, 1.807) is 20.3 Å². The Morgan fingerprint density at radius 3 is 1.88 bits per heavy atom. The standard InChI is InChI=1S/C41H42N4O6S/c1-48-36-18-14-32(15-19-36)41(31-10-4-3-5-11-31,33-16-20-37(49-2)21-17-33)51-27-30-9-6-8-29(24-30)25-43-40(52)44-26-34-12-7-13-35(45-34)28-50-39(47)23-22-38(42)46/h3-21,24H,22-23,25-28H2,1-2H3,(H2,42,46)(H2,43,44,52). The van der Waals surface area contributed by atoms with E-state index in [0.717, 1.165) is 45.0 Å². The highest BCUT2D eigenvalue weighted by molar-refractivity contribution is 7.80. The molecule has 11 heteroatoms. The zero-order chi connectivity index (χ0) is 36.8. The highest BCUT2D eigenvalue weighted by Gasteiger charge is 2.38. The number of thiocarbonyl (C=S) groups is 1.